The molecule has 1 aromatic carbocycles. The largest absolute Gasteiger partial charge is 0.508 e. The molecule has 14 heavy (non-hydrogen) atoms. The lowest BCUT2D eigenvalue weighted by atomic mass is 9.92. The van der Waals surface area contributed by atoms with Gasteiger partial charge in [0.15, 0.2) is 0 Å². The minimum Gasteiger partial charge on any atom is -0.508 e. The molecule has 2 rings (SSSR count). The molecule has 0 saturated carbocycles. The number of alkyl halides is 1. The molecule has 1 N–H and O–H groups in total. The topological polar surface area (TPSA) is 20.2 Å². The lowest BCUT2D eigenvalue weighted by Gasteiger charge is -2.29. The Bertz CT molecular complexity index is 321. The van der Waals surface area contributed by atoms with Crippen molar-refractivity contribution >= 4 is 11.8 Å². The zero-order valence-corrected chi connectivity index (χ0v) is 8.69. The van der Waals surface area contributed by atoms with Crippen molar-refractivity contribution in [2.75, 3.05) is 11.5 Å². The summed E-state index contributed by atoms with van der Waals surface area (Å²) in [6, 6.07) is 6.73. The number of hydrogen-bond acceptors (Lipinski definition) is 2. The van der Waals surface area contributed by atoms with E-state index >= 15 is 0 Å². The van der Waals surface area contributed by atoms with Crippen LogP contribution in [-0.4, -0.2) is 16.6 Å². The van der Waals surface area contributed by atoms with Gasteiger partial charge >= 0.3 is 0 Å². The maximum atomic E-state index is 14.4. The third-order valence-electron chi connectivity index (χ3n) is 2.58. The van der Waals surface area contributed by atoms with E-state index in [0.717, 1.165) is 12.2 Å². The molecule has 1 aliphatic heterocycles. The van der Waals surface area contributed by atoms with Crippen molar-refractivity contribution in [3.63, 3.8) is 0 Å². The van der Waals surface area contributed by atoms with Gasteiger partial charge in [0, 0.05) is 11.3 Å². The van der Waals surface area contributed by atoms with Crippen LogP contribution in [0.5, 0.6) is 5.75 Å². The first-order valence-corrected chi connectivity index (χ1v) is 5.93. The van der Waals surface area contributed by atoms with Gasteiger partial charge in [-0.05, 0) is 24.7 Å². The monoisotopic (exact) mass is 212 g/mol. The normalized spacial score (nSPS) is 27.5. The molecule has 1 fully saturated rings. The van der Waals surface area contributed by atoms with Crippen LogP contribution < -0.4 is 0 Å². The molecular weight excluding hydrogens is 199 g/mol. The number of phenolic OH excluding ortho intramolecular Hbond substituents is 1. The number of hydrogen-bond donors (Lipinski definition) is 1. The molecule has 0 amide bonds. The quantitative estimate of drug-likeness (QED) is 0.772. The molecule has 0 bridgehead atoms. The van der Waals surface area contributed by atoms with Gasteiger partial charge in [-0.15, -0.1) is 0 Å². The zero-order chi connectivity index (χ0) is 10.0. The van der Waals surface area contributed by atoms with Gasteiger partial charge in [-0.2, -0.15) is 11.8 Å². The highest BCUT2D eigenvalue weighted by molar-refractivity contribution is 7.99. The average Bonchev–Trinajstić information content (AvgIpc) is 2.19. The number of phenols is 1. The maximum absolute atomic E-state index is 14.4. The number of thioether (sulfide) groups is 1. The Morgan fingerprint density at radius 1 is 1.36 bits per heavy atom. The molecule has 76 valence electrons. The molecule has 3 heteroatoms. The molecular formula is C11H13FOS. The van der Waals surface area contributed by atoms with Gasteiger partial charge in [-0.3, -0.25) is 0 Å². The molecule has 1 aliphatic rings. The van der Waals surface area contributed by atoms with Gasteiger partial charge in [0.25, 0.3) is 0 Å². The Kier molecular flexibility index (Phi) is 2.68. The van der Waals surface area contributed by atoms with Crippen molar-refractivity contribution in [2.24, 2.45) is 0 Å². The number of halogens is 1. The van der Waals surface area contributed by atoms with Gasteiger partial charge < -0.3 is 5.11 Å². The van der Waals surface area contributed by atoms with E-state index in [9.17, 15) is 9.50 Å². The van der Waals surface area contributed by atoms with Crippen LogP contribution in [0.3, 0.4) is 0 Å². The zero-order valence-electron chi connectivity index (χ0n) is 7.87. The van der Waals surface area contributed by atoms with Crippen LogP contribution in [0.25, 0.3) is 0 Å². The molecule has 0 spiro atoms. The fourth-order valence-electron chi connectivity index (χ4n) is 1.83. The van der Waals surface area contributed by atoms with Crippen molar-refractivity contribution in [2.45, 2.75) is 18.5 Å². The molecule has 1 saturated heterocycles. The predicted molar refractivity (Wildman–Crippen MR) is 57.5 cm³/mol. The highest BCUT2D eigenvalue weighted by atomic mass is 32.2. The number of rotatable bonds is 1. The van der Waals surface area contributed by atoms with E-state index in [1.165, 1.54) is 0 Å². The Balaban J connectivity index is 2.32. The molecule has 0 aromatic heterocycles. The molecule has 1 unspecified atom stereocenters. The van der Waals surface area contributed by atoms with Crippen LogP contribution in [0.2, 0.25) is 0 Å². The van der Waals surface area contributed by atoms with Gasteiger partial charge in [0.1, 0.15) is 11.4 Å². The summed E-state index contributed by atoms with van der Waals surface area (Å²) >= 11 is 1.62. The van der Waals surface area contributed by atoms with E-state index in [-0.39, 0.29) is 5.75 Å². The first-order valence-electron chi connectivity index (χ1n) is 4.77. The molecule has 1 nitrogen and oxygen atoms in total. The van der Waals surface area contributed by atoms with Crippen LogP contribution in [0.1, 0.15) is 18.4 Å². The Hall–Kier alpha value is -0.700. The minimum absolute atomic E-state index is 0.0810. The predicted octanol–water partition coefficient (Wildman–Crippen LogP) is 3.08. The standard InChI is InChI=1S/C11H13FOS/c12-11(6-3-7-14-8-11)9-4-1-2-5-10(9)13/h1-2,4-5,13H,3,6-8H2. The number of para-hydroxylation sites is 1. The third kappa shape index (κ3) is 1.73. The van der Waals surface area contributed by atoms with Gasteiger partial charge in [0.05, 0.1) is 0 Å². The summed E-state index contributed by atoms with van der Waals surface area (Å²) in [5, 5.41) is 9.58. The van der Waals surface area contributed by atoms with E-state index in [1.807, 2.05) is 0 Å². The summed E-state index contributed by atoms with van der Waals surface area (Å²) < 4.78 is 14.4. The SMILES string of the molecule is Oc1ccccc1C1(F)CCCSC1. The van der Waals surface area contributed by atoms with Gasteiger partial charge in [-0.25, -0.2) is 4.39 Å². The fraction of sp³-hybridized carbons (Fsp3) is 0.455. The second-order valence-electron chi connectivity index (χ2n) is 3.64. The van der Waals surface area contributed by atoms with Crippen LogP contribution >= 0.6 is 11.8 Å². The molecule has 0 radical (unpaired) electrons. The third-order valence-corrected chi connectivity index (χ3v) is 3.82. The van der Waals surface area contributed by atoms with Crippen molar-refractivity contribution in [1.82, 2.24) is 0 Å². The first-order chi connectivity index (χ1) is 6.72. The van der Waals surface area contributed by atoms with E-state index in [1.54, 1.807) is 36.0 Å². The van der Waals surface area contributed by atoms with E-state index in [2.05, 4.69) is 0 Å². The van der Waals surface area contributed by atoms with Crippen molar-refractivity contribution < 1.29 is 9.50 Å². The summed E-state index contributed by atoms with van der Waals surface area (Å²) in [6.45, 7) is 0. The fourth-order valence-corrected chi connectivity index (χ4v) is 2.94. The number of benzene rings is 1. The number of aromatic hydroxyl groups is 1. The van der Waals surface area contributed by atoms with E-state index < -0.39 is 5.67 Å². The van der Waals surface area contributed by atoms with E-state index in [0.29, 0.717) is 17.7 Å². The lowest BCUT2D eigenvalue weighted by Crippen LogP contribution is -2.27. The molecule has 1 atom stereocenters. The Morgan fingerprint density at radius 2 is 2.14 bits per heavy atom. The summed E-state index contributed by atoms with van der Waals surface area (Å²) in [7, 11) is 0. The van der Waals surface area contributed by atoms with E-state index in [4.69, 9.17) is 0 Å². The first kappa shape index (κ1) is 9.84. The minimum atomic E-state index is -1.33. The van der Waals surface area contributed by atoms with Crippen molar-refractivity contribution in [3.8, 4) is 5.75 Å². The molecule has 1 heterocycles. The molecule has 1 aromatic rings. The summed E-state index contributed by atoms with van der Waals surface area (Å²) in [4.78, 5) is 0. The maximum Gasteiger partial charge on any atom is 0.148 e. The van der Waals surface area contributed by atoms with Crippen molar-refractivity contribution in [3.05, 3.63) is 29.8 Å². The highest BCUT2D eigenvalue weighted by Gasteiger charge is 2.35. The van der Waals surface area contributed by atoms with Crippen LogP contribution in [0, 0.1) is 0 Å². The summed E-state index contributed by atoms with van der Waals surface area (Å²) in [6.07, 6.45) is 1.41. The molecule has 0 aliphatic carbocycles. The van der Waals surface area contributed by atoms with Gasteiger partial charge in [-0.1, -0.05) is 18.2 Å². The Morgan fingerprint density at radius 3 is 2.79 bits per heavy atom. The Labute approximate surface area is 87.3 Å². The second-order valence-corrected chi connectivity index (χ2v) is 4.74. The second kappa shape index (κ2) is 3.81. The van der Waals surface area contributed by atoms with Crippen molar-refractivity contribution in [1.29, 1.82) is 0 Å². The summed E-state index contributed by atoms with van der Waals surface area (Å²) in [5.41, 5.74) is -0.874. The van der Waals surface area contributed by atoms with Crippen LogP contribution in [-0.2, 0) is 5.67 Å². The van der Waals surface area contributed by atoms with Crippen LogP contribution in [0.15, 0.2) is 24.3 Å². The smallest absolute Gasteiger partial charge is 0.148 e. The lowest BCUT2D eigenvalue weighted by molar-refractivity contribution is 0.173. The van der Waals surface area contributed by atoms with Crippen LogP contribution in [0.4, 0.5) is 4.39 Å². The highest BCUT2D eigenvalue weighted by Crippen LogP contribution is 2.42. The summed E-state index contributed by atoms with van der Waals surface area (Å²) in [5.74, 6) is 1.57. The average molecular weight is 212 g/mol. The van der Waals surface area contributed by atoms with Gasteiger partial charge in [0.2, 0.25) is 0 Å².